The number of aromatic amines is 1. The molecule has 2 amide bonds. The van der Waals surface area contributed by atoms with E-state index in [4.69, 9.17) is 0 Å². The van der Waals surface area contributed by atoms with Crippen molar-refractivity contribution in [3.05, 3.63) is 107 Å². The average Bonchev–Trinajstić information content (AvgIpc) is 3.33. The SMILES string of the molecule is CCCN(CC(=O)N(CCc1c[nH]c2ccccc12)Cc1ccc(C(F)(F)F)cc1)C(=O)c1ccc(F)cc1. The number of rotatable bonds is 10. The van der Waals surface area contributed by atoms with Gasteiger partial charge in [0.2, 0.25) is 5.91 Å². The lowest BCUT2D eigenvalue weighted by Gasteiger charge is -2.28. The quantitative estimate of drug-likeness (QED) is 0.236. The van der Waals surface area contributed by atoms with Gasteiger partial charge in [0.25, 0.3) is 5.91 Å². The Kier molecular flexibility index (Phi) is 8.69. The number of nitrogens with zero attached hydrogens (tertiary/aromatic N) is 2. The Hall–Kier alpha value is -4.14. The molecule has 0 aliphatic carbocycles. The summed E-state index contributed by atoms with van der Waals surface area (Å²) in [4.78, 5) is 32.8. The summed E-state index contributed by atoms with van der Waals surface area (Å²) in [7, 11) is 0. The first-order valence-electron chi connectivity index (χ1n) is 12.7. The fourth-order valence-electron chi connectivity index (χ4n) is 4.47. The van der Waals surface area contributed by atoms with Crippen LogP contribution in [0, 0.1) is 5.82 Å². The zero-order chi connectivity index (χ0) is 28.0. The van der Waals surface area contributed by atoms with Crippen molar-refractivity contribution in [2.45, 2.75) is 32.5 Å². The van der Waals surface area contributed by atoms with Crippen LogP contribution in [0.5, 0.6) is 0 Å². The summed E-state index contributed by atoms with van der Waals surface area (Å²) in [6.07, 6.45) is -1.46. The van der Waals surface area contributed by atoms with Crippen LogP contribution in [0.4, 0.5) is 17.6 Å². The molecule has 5 nitrogen and oxygen atoms in total. The van der Waals surface area contributed by atoms with Gasteiger partial charge < -0.3 is 14.8 Å². The summed E-state index contributed by atoms with van der Waals surface area (Å²) in [5, 5.41) is 1.03. The van der Waals surface area contributed by atoms with Gasteiger partial charge in [-0.3, -0.25) is 9.59 Å². The van der Waals surface area contributed by atoms with E-state index in [1.807, 2.05) is 37.4 Å². The first-order chi connectivity index (χ1) is 18.7. The van der Waals surface area contributed by atoms with Gasteiger partial charge in [-0.2, -0.15) is 13.2 Å². The number of hydrogen-bond donors (Lipinski definition) is 1. The lowest BCUT2D eigenvalue weighted by atomic mass is 10.1. The van der Waals surface area contributed by atoms with Gasteiger partial charge in [-0.25, -0.2) is 4.39 Å². The Labute approximate surface area is 224 Å². The molecule has 0 radical (unpaired) electrons. The van der Waals surface area contributed by atoms with Crippen LogP contribution in [-0.2, 0) is 23.9 Å². The molecule has 0 atom stereocenters. The molecule has 9 heteroatoms. The highest BCUT2D eigenvalue weighted by Gasteiger charge is 2.30. The molecule has 0 saturated heterocycles. The molecule has 1 aromatic heterocycles. The highest BCUT2D eigenvalue weighted by molar-refractivity contribution is 5.96. The van der Waals surface area contributed by atoms with E-state index in [0.717, 1.165) is 28.6 Å². The standard InChI is InChI=1S/C30H29F4N3O2/c1-2-16-37(29(39)22-9-13-25(31)14-10-22)20-28(38)36(19-21-7-11-24(12-8-21)30(32,33)34)17-15-23-18-35-27-6-4-3-5-26(23)27/h3-14,18,35H,2,15-17,19-20H2,1H3. The molecule has 3 aromatic carbocycles. The number of nitrogens with one attached hydrogen (secondary N) is 1. The normalized spacial score (nSPS) is 11.5. The minimum absolute atomic E-state index is 0.0873. The molecule has 4 rings (SSSR count). The Morgan fingerprint density at radius 2 is 1.56 bits per heavy atom. The number of fused-ring (bicyclic) bond motifs is 1. The molecular formula is C30H29F4N3O2. The summed E-state index contributed by atoms with van der Waals surface area (Å²) in [5.41, 5.74) is 2.02. The van der Waals surface area contributed by atoms with Crippen LogP contribution >= 0.6 is 0 Å². The molecule has 0 bridgehead atoms. The number of para-hydroxylation sites is 1. The first kappa shape index (κ1) is 27.9. The zero-order valence-corrected chi connectivity index (χ0v) is 21.5. The number of aromatic nitrogens is 1. The minimum atomic E-state index is -4.45. The van der Waals surface area contributed by atoms with Crippen molar-refractivity contribution in [1.82, 2.24) is 14.8 Å². The number of hydrogen-bond acceptors (Lipinski definition) is 2. The van der Waals surface area contributed by atoms with Gasteiger partial charge in [0.15, 0.2) is 0 Å². The highest BCUT2D eigenvalue weighted by Crippen LogP contribution is 2.29. The smallest absolute Gasteiger partial charge is 0.361 e. The molecule has 1 heterocycles. The van der Waals surface area contributed by atoms with Crippen LogP contribution in [0.2, 0.25) is 0 Å². The number of carbonyl (C=O) groups is 2. The van der Waals surface area contributed by atoms with Gasteiger partial charge in [-0.1, -0.05) is 37.3 Å². The monoisotopic (exact) mass is 539 g/mol. The van der Waals surface area contributed by atoms with Crippen LogP contribution in [-0.4, -0.2) is 46.2 Å². The summed E-state index contributed by atoms with van der Waals surface area (Å²) in [5.74, 6) is -1.19. The number of alkyl halides is 3. The van der Waals surface area contributed by atoms with Crippen molar-refractivity contribution in [2.75, 3.05) is 19.6 Å². The summed E-state index contributed by atoms with van der Waals surface area (Å²) < 4.78 is 52.5. The van der Waals surface area contributed by atoms with E-state index in [1.165, 1.54) is 41.3 Å². The van der Waals surface area contributed by atoms with E-state index in [9.17, 15) is 27.2 Å². The van der Waals surface area contributed by atoms with Crippen molar-refractivity contribution in [1.29, 1.82) is 0 Å². The molecule has 1 N–H and O–H groups in total. The van der Waals surface area contributed by atoms with Crippen LogP contribution in [0.1, 0.15) is 40.4 Å². The fourth-order valence-corrected chi connectivity index (χ4v) is 4.47. The third kappa shape index (κ3) is 7.04. The van der Waals surface area contributed by atoms with Crippen molar-refractivity contribution >= 4 is 22.7 Å². The van der Waals surface area contributed by atoms with Crippen molar-refractivity contribution in [2.24, 2.45) is 0 Å². The lowest BCUT2D eigenvalue weighted by molar-refractivity contribution is -0.137. The zero-order valence-electron chi connectivity index (χ0n) is 21.5. The molecule has 0 unspecified atom stereocenters. The second kappa shape index (κ2) is 12.1. The second-order valence-corrected chi connectivity index (χ2v) is 9.35. The maximum absolute atomic E-state index is 13.6. The molecule has 0 saturated carbocycles. The molecule has 204 valence electrons. The van der Waals surface area contributed by atoms with Crippen molar-refractivity contribution in [3.63, 3.8) is 0 Å². The third-order valence-electron chi connectivity index (χ3n) is 6.53. The van der Waals surface area contributed by atoms with Gasteiger partial charge >= 0.3 is 6.18 Å². The molecule has 0 spiro atoms. The van der Waals surface area contributed by atoms with E-state index >= 15 is 0 Å². The minimum Gasteiger partial charge on any atom is -0.361 e. The molecule has 0 aliphatic heterocycles. The number of benzene rings is 3. The van der Waals surface area contributed by atoms with Gasteiger partial charge in [0.05, 0.1) is 5.56 Å². The Bertz CT molecular complexity index is 1410. The topological polar surface area (TPSA) is 56.4 Å². The fraction of sp³-hybridized carbons (Fsp3) is 0.267. The van der Waals surface area contributed by atoms with E-state index < -0.39 is 23.5 Å². The number of halogens is 4. The maximum Gasteiger partial charge on any atom is 0.416 e. The summed E-state index contributed by atoms with van der Waals surface area (Å²) in [6.45, 7) is 2.37. The third-order valence-corrected chi connectivity index (χ3v) is 6.53. The maximum atomic E-state index is 13.6. The Morgan fingerprint density at radius 3 is 2.23 bits per heavy atom. The molecule has 0 aliphatic rings. The summed E-state index contributed by atoms with van der Waals surface area (Å²) >= 11 is 0. The predicted octanol–water partition coefficient (Wildman–Crippen LogP) is 6.45. The number of carbonyl (C=O) groups excluding carboxylic acids is 2. The van der Waals surface area contributed by atoms with E-state index in [0.29, 0.717) is 31.5 Å². The van der Waals surface area contributed by atoms with Gasteiger partial charge in [-0.05, 0) is 66.4 Å². The lowest BCUT2D eigenvalue weighted by Crippen LogP contribution is -2.43. The van der Waals surface area contributed by atoms with Gasteiger partial charge in [0, 0.05) is 42.3 Å². The Balaban J connectivity index is 1.55. The van der Waals surface area contributed by atoms with E-state index in [2.05, 4.69) is 4.98 Å². The van der Waals surface area contributed by atoms with Gasteiger partial charge in [-0.15, -0.1) is 0 Å². The van der Waals surface area contributed by atoms with E-state index in [1.54, 1.807) is 4.90 Å². The molecule has 39 heavy (non-hydrogen) atoms. The van der Waals surface area contributed by atoms with Crippen LogP contribution < -0.4 is 0 Å². The first-order valence-corrected chi connectivity index (χ1v) is 12.7. The van der Waals surface area contributed by atoms with Crippen molar-refractivity contribution < 1.29 is 27.2 Å². The van der Waals surface area contributed by atoms with Crippen molar-refractivity contribution in [3.8, 4) is 0 Å². The molecular weight excluding hydrogens is 510 g/mol. The highest BCUT2D eigenvalue weighted by atomic mass is 19.4. The number of amides is 2. The van der Waals surface area contributed by atoms with Crippen LogP contribution in [0.25, 0.3) is 10.9 Å². The van der Waals surface area contributed by atoms with Gasteiger partial charge in [0.1, 0.15) is 12.4 Å². The molecule has 0 fully saturated rings. The average molecular weight is 540 g/mol. The predicted molar refractivity (Wildman–Crippen MR) is 141 cm³/mol. The Morgan fingerprint density at radius 1 is 0.872 bits per heavy atom. The second-order valence-electron chi connectivity index (χ2n) is 9.35. The van der Waals surface area contributed by atoms with E-state index in [-0.39, 0.29) is 24.6 Å². The molecule has 4 aromatic rings. The van der Waals surface area contributed by atoms with Crippen LogP contribution in [0.3, 0.4) is 0 Å². The largest absolute Gasteiger partial charge is 0.416 e. The van der Waals surface area contributed by atoms with Crippen LogP contribution in [0.15, 0.2) is 79.0 Å². The number of H-pyrrole nitrogens is 1. The summed E-state index contributed by atoms with van der Waals surface area (Å²) in [6, 6.07) is 17.6.